The van der Waals surface area contributed by atoms with E-state index in [1.165, 1.54) is 11.6 Å². The lowest BCUT2D eigenvalue weighted by atomic mass is 10.0. The van der Waals surface area contributed by atoms with Crippen LogP contribution in [0, 0.1) is 15.6 Å². The number of hydrogen-bond donors (Lipinski definition) is 1. The Labute approximate surface area is 119 Å². The van der Waals surface area contributed by atoms with Crippen LogP contribution in [0.1, 0.15) is 31.6 Å². The van der Waals surface area contributed by atoms with Crippen molar-refractivity contribution in [3.8, 4) is 0 Å². The Hall–Kier alpha value is -2.19. The van der Waals surface area contributed by atoms with Gasteiger partial charge in [0.25, 0.3) is 0 Å². The van der Waals surface area contributed by atoms with Crippen molar-refractivity contribution in [3.63, 3.8) is 0 Å². The van der Waals surface area contributed by atoms with Crippen LogP contribution in [0.2, 0.25) is 0 Å². The van der Waals surface area contributed by atoms with Gasteiger partial charge < -0.3 is 4.74 Å². The van der Waals surface area contributed by atoms with Crippen LogP contribution in [0.4, 0.5) is 10.1 Å². The Kier molecular flexibility index (Phi) is 4.39. The molecular formula is C11H16FN6O3+. The zero-order valence-corrected chi connectivity index (χ0v) is 11.6. The third-order valence-electron chi connectivity index (χ3n) is 3.59. The number of nitrogens with zero attached hydrogens (tertiary/aromatic N) is 5. The van der Waals surface area contributed by atoms with E-state index in [1.807, 2.05) is 0 Å². The van der Waals surface area contributed by atoms with Gasteiger partial charge in [-0.2, -0.15) is 5.10 Å². The van der Waals surface area contributed by atoms with Crippen LogP contribution in [0.15, 0.2) is 11.3 Å². The van der Waals surface area contributed by atoms with Crippen LogP contribution in [-0.2, 0) is 11.8 Å². The fraction of sp³-hybridized carbons (Fsp3) is 0.727. The molecule has 1 N–H and O–H groups in total. The summed E-state index contributed by atoms with van der Waals surface area (Å²) in [5, 5.41) is 18.5. The maximum absolute atomic E-state index is 14.1. The third kappa shape index (κ3) is 2.96. The standard InChI is InChI=1S/C11H16FN6O3/c1-6-10(12)7(15-16-13)3-4-9(21-6)11-8(18(19)20)5-14-17(11)2/h5-7,9-10,13H,3-4H2,1-2H3/q+1/t6-,7+,9-,10+/m0/s1. The lowest BCUT2D eigenvalue weighted by Crippen LogP contribution is -2.30. The molecule has 0 radical (unpaired) electrons. The maximum Gasteiger partial charge on any atom is 0.312 e. The molecule has 10 heteroatoms. The molecule has 9 nitrogen and oxygen atoms in total. The number of aromatic nitrogens is 2. The molecule has 114 valence electrons. The van der Waals surface area contributed by atoms with Crippen molar-refractivity contribution in [1.82, 2.24) is 14.7 Å². The molecule has 0 saturated carbocycles. The summed E-state index contributed by atoms with van der Waals surface area (Å²) in [6, 6.07) is -0.769. The highest BCUT2D eigenvalue weighted by Crippen LogP contribution is 2.36. The molecule has 0 amide bonds. The molecule has 4 atom stereocenters. The predicted octanol–water partition coefficient (Wildman–Crippen LogP) is 1.83. The summed E-state index contributed by atoms with van der Waals surface area (Å²) >= 11 is 0. The van der Waals surface area contributed by atoms with Crippen LogP contribution < -0.4 is 4.91 Å². The highest BCUT2D eigenvalue weighted by Gasteiger charge is 2.39. The highest BCUT2D eigenvalue weighted by molar-refractivity contribution is 5.35. The van der Waals surface area contributed by atoms with Gasteiger partial charge in [-0.3, -0.25) is 14.8 Å². The van der Waals surface area contributed by atoms with Gasteiger partial charge in [0, 0.05) is 7.05 Å². The first-order chi connectivity index (χ1) is 9.95. The van der Waals surface area contributed by atoms with E-state index in [0.717, 1.165) is 6.20 Å². The van der Waals surface area contributed by atoms with E-state index in [2.05, 4.69) is 15.1 Å². The van der Waals surface area contributed by atoms with E-state index < -0.39 is 29.3 Å². The molecule has 2 rings (SSSR count). The normalized spacial score (nSPS) is 29.5. The lowest BCUT2D eigenvalue weighted by Gasteiger charge is -2.20. The molecule has 0 aromatic carbocycles. The molecule has 0 bridgehead atoms. The third-order valence-corrected chi connectivity index (χ3v) is 3.59. The van der Waals surface area contributed by atoms with Crippen molar-refractivity contribution >= 4 is 5.69 Å². The summed E-state index contributed by atoms with van der Waals surface area (Å²) in [4.78, 5) is 13.4. The first-order valence-electron chi connectivity index (χ1n) is 6.48. The average molecular weight is 299 g/mol. The minimum Gasteiger partial charge on any atom is -0.366 e. The number of aryl methyl sites for hydroxylation is 1. The molecule has 1 aromatic heterocycles. The summed E-state index contributed by atoms with van der Waals surface area (Å²) in [5.41, 5.74) is 6.89. The van der Waals surface area contributed by atoms with Gasteiger partial charge in [-0.25, -0.2) is 4.39 Å². The average Bonchev–Trinajstić information content (AvgIpc) is 2.76. The van der Waals surface area contributed by atoms with Gasteiger partial charge in [0.15, 0.2) is 12.2 Å². The molecule has 0 spiro atoms. The summed E-state index contributed by atoms with van der Waals surface area (Å²) in [5.74, 6) is 0. The molecule has 1 fully saturated rings. The number of hydrogen-bond acceptors (Lipinski definition) is 6. The lowest BCUT2D eigenvalue weighted by molar-refractivity contribution is -0.386. The minimum absolute atomic E-state index is 0.148. The summed E-state index contributed by atoms with van der Waals surface area (Å²) in [6.45, 7) is 1.54. The van der Waals surface area contributed by atoms with Crippen molar-refractivity contribution in [1.29, 1.82) is 5.53 Å². The Bertz CT molecular complexity index is 585. The van der Waals surface area contributed by atoms with Gasteiger partial charge in [-0.05, 0) is 19.8 Å². The van der Waals surface area contributed by atoms with Gasteiger partial charge in [0.2, 0.25) is 4.91 Å². The van der Waals surface area contributed by atoms with E-state index in [1.54, 1.807) is 7.05 Å². The van der Waals surface area contributed by atoms with Gasteiger partial charge in [0.1, 0.15) is 28.6 Å². The van der Waals surface area contributed by atoms with Crippen molar-refractivity contribution in [2.24, 2.45) is 12.2 Å². The van der Waals surface area contributed by atoms with Gasteiger partial charge in [0.05, 0.1) is 11.0 Å². The number of alkyl halides is 1. The number of rotatable bonds is 3. The fourth-order valence-electron chi connectivity index (χ4n) is 2.54. The number of nitro groups is 1. The molecule has 1 saturated heterocycles. The Morgan fingerprint density at radius 3 is 3.00 bits per heavy atom. The van der Waals surface area contributed by atoms with Crippen molar-refractivity contribution in [2.45, 2.75) is 44.2 Å². The molecule has 1 aliphatic heterocycles. The van der Waals surface area contributed by atoms with Gasteiger partial charge in [-0.15, -0.1) is 0 Å². The summed E-state index contributed by atoms with van der Waals surface area (Å²) < 4.78 is 21.1. The van der Waals surface area contributed by atoms with Crippen LogP contribution in [-0.4, -0.2) is 33.0 Å². The summed E-state index contributed by atoms with van der Waals surface area (Å²) in [7, 11) is 1.58. The fourth-order valence-corrected chi connectivity index (χ4v) is 2.54. The van der Waals surface area contributed by atoms with Crippen LogP contribution in [0.25, 0.3) is 0 Å². The second kappa shape index (κ2) is 6.06. The van der Waals surface area contributed by atoms with Crippen molar-refractivity contribution in [3.05, 3.63) is 22.0 Å². The molecule has 2 heterocycles. The zero-order chi connectivity index (χ0) is 15.6. The zero-order valence-electron chi connectivity index (χ0n) is 11.6. The Morgan fingerprint density at radius 2 is 2.38 bits per heavy atom. The molecule has 0 aliphatic carbocycles. The maximum atomic E-state index is 14.1. The molecule has 0 unspecified atom stereocenters. The topological polar surface area (TPSA) is 120 Å². The van der Waals surface area contributed by atoms with Crippen LogP contribution in [0.5, 0.6) is 0 Å². The number of ether oxygens (including phenoxy) is 1. The minimum atomic E-state index is -1.41. The quantitative estimate of drug-likeness (QED) is 0.396. The molecule has 21 heavy (non-hydrogen) atoms. The second-order valence-corrected chi connectivity index (χ2v) is 4.93. The predicted molar refractivity (Wildman–Crippen MR) is 68.4 cm³/mol. The SMILES string of the molecule is C[C@@H]1O[C@H](c2c([N+](=O)[O-])cnn2C)CC[C@@H](N=[N+]=N)[C@@H]1F. The van der Waals surface area contributed by atoms with Gasteiger partial charge >= 0.3 is 5.69 Å². The number of nitrogens with one attached hydrogen (secondary N) is 1. The highest BCUT2D eigenvalue weighted by atomic mass is 19.1. The molecular weight excluding hydrogens is 283 g/mol. The second-order valence-electron chi connectivity index (χ2n) is 4.93. The van der Waals surface area contributed by atoms with E-state index >= 15 is 0 Å². The van der Waals surface area contributed by atoms with Crippen molar-refractivity contribution < 1.29 is 14.1 Å². The van der Waals surface area contributed by atoms with E-state index in [-0.39, 0.29) is 5.69 Å². The Balaban J connectivity index is 2.32. The Morgan fingerprint density at radius 1 is 1.67 bits per heavy atom. The monoisotopic (exact) mass is 299 g/mol. The first kappa shape index (κ1) is 15.2. The van der Waals surface area contributed by atoms with Crippen LogP contribution >= 0.6 is 0 Å². The van der Waals surface area contributed by atoms with Crippen molar-refractivity contribution in [2.75, 3.05) is 0 Å². The largest absolute Gasteiger partial charge is 0.366 e. The van der Waals surface area contributed by atoms with E-state index in [9.17, 15) is 14.5 Å². The molecule has 1 aliphatic rings. The van der Waals surface area contributed by atoms with Crippen LogP contribution in [0.3, 0.4) is 0 Å². The van der Waals surface area contributed by atoms with Gasteiger partial charge in [-0.1, -0.05) is 0 Å². The summed E-state index contributed by atoms with van der Waals surface area (Å²) in [6.07, 6.45) is -1.06. The first-order valence-corrected chi connectivity index (χ1v) is 6.48. The number of halogens is 1. The molecule has 1 aromatic rings. The van der Waals surface area contributed by atoms with E-state index in [0.29, 0.717) is 18.5 Å². The smallest absolute Gasteiger partial charge is 0.312 e. The van der Waals surface area contributed by atoms with E-state index in [4.69, 9.17) is 10.3 Å².